The molecule has 88 valence electrons. The lowest BCUT2D eigenvalue weighted by Crippen LogP contribution is -1.82. The molecule has 0 N–H and O–H groups in total. The molecule has 2 nitrogen and oxygen atoms in total. The third-order valence-electron chi connectivity index (χ3n) is 2.54. The Labute approximate surface area is 116 Å². The lowest BCUT2D eigenvalue weighted by atomic mass is 10.1. The number of benzene rings is 1. The van der Waals surface area contributed by atoms with Gasteiger partial charge >= 0.3 is 0 Å². The van der Waals surface area contributed by atoms with Gasteiger partial charge in [-0.15, -0.1) is 0 Å². The maximum absolute atomic E-state index is 4.34. The normalized spacial score (nSPS) is 10.9. The minimum absolute atomic E-state index is 0.645. The van der Waals surface area contributed by atoms with E-state index in [1.54, 1.807) is 0 Å². The maximum atomic E-state index is 4.34. The Hall–Kier alpha value is -0.590. The van der Waals surface area contributed by atoms with Gasteiger partial charge in [0, 0.05) is 17.4 Å². The summed E-state index contributed by atoms with van der Waals surface area (Å²) in [6, 6.07) is 6.31. The van der Waals surface area contributed by atoms with Gasteiger partial charge in [-0.25, -0.2) is 4.45 Å². The molecule has 1 aromatic heterocycles. The smallest absolute Gasteiger partial charge is 0.0730 e. The summed E-state index contributed by atoms with van der Waals surface area (Å²) in [6.07, 6.45) is 5.94. The monoisotopic (exact) mass is 356 g/mol. The van der Waals surface area contributed by atoms with E-state index in [1.807, 2.05) is 10.6 Å². The zero-order chi connectivity index (χ0) is 12.1. The minimum atomic E-state index is 0.645. The number of hydrogen-bond donors (Lipinski definition) is 0. The summed E-state index contributed by atoms with van der Waals surface area (Å²) in [6.45, 7) is 2.19. The van der Waals surface area contributed by atoms with Gasteiger partial charge in [0.25, 0.3) is 0 Å². The summed E-state index contributed by atoms with van der Waals surface area (Å²) in [5, 5.41) is 5.52. The van der Waals surface area contributed by atoms with Crippen LogP contribution in [-0.4, -0.2) is 9.55 Å². The number of fused-ring (bicyclic) bond motifs is 1. The average molecular weight is 356 g/mol. The van der Waals surface area contributed by atoms with Crippen LogP contribution in [0.5, 0.6) is 0 Å². The van der Waals surface area contributed by atoms with Crippen LogP contribution in [-0.2, 0) is 0 Å². The highest BCUT2D eigenvalue weighted by Crippen LogP contribution is 2.28. The molecule has 4 heteroatoms. The van der Waals surface area contributed by atoms with E-state index < -0.39 is 0 Å². The molecule has 1 aromatic carbocycles. The molecule has 0 spiro atoms. The number of rotatable bonds is 3. The van der Waals surface area contributed by atoms with Crippen LogP contribution < -0.4 is 0 Å². The van der Waals surface area contributed by atoms with Gasteiger partial charge in [-0.3, -0.25) is 0 Å². The van der Waals surface area contributed by atoms with Gasteiger partial charge in [0.15, 0.2) is 0 Å². The molecule has 2 aromatic rings. The molecule has 2 rings (SSSR count). The summed E-state index contributed by atoms with van der Waals surface area (Å²) in [5.74, 6) is 6.42. The second-order valence-corrected chi connectivity index (χ2v) is 5.86. The standard InChI is InChI=1S/C13H14IN2P/c1-2-3-4-5-6-11-7-8-13-12(9-11)10-15-16(13)17-14/h7-10,17H,2-4H2,1H3. The molecule has 17 heavy (non-hydrogen) atoms. The van der Waals surface area contributed by atoms with Crippen molar-refractivity contribution in [1.29, 1.82) is 0 Å². The quantitative estimate of drug-likeness (QED) is 0.346. The van der Waals surface area contributed by atoms with Crippen molar-refractivity contribution >= 4 is 39.3 Å². The van der Waals surface area contributed by atoms with Gasteiger partial charge in [0.2, 0.25) is 0 Å². The SMILES string of the molecule is CCCCC#Cc1ccc2c(cnn2PI)c1. The zero-order valence-electron chi connectivity index (χ0n) is 9.70. The van der Waals surface area contributed by atoms with Gasteiger partial charge in [-0.1, -0.05) is 25.2 Å². The first-order valence-corrected chi connectivity index (χ1v) is 9.74. The molecule has 0 radical (unpaired) electrons. The lowest BCUT2D eigenvalue weighted by Gasteiger charge is -1.96. The Morgan fingerprint density at radius 2 is 2.35 bits per heavy atom. The van der Waals surface area contributed by atoms with Crippen molar-refractivity contribution < 1.29 is 0 Å². The highest BCUT2D eigenvalue weighted by Gasteiger charge is 2.01. The fourth-order valence-electron chi connectivity index (χ4n) is 1.61. The number of halogens is 1. The van der Waals surface area contributed by atoms with Crippen molar-refractivity contribution in [3.05, 3.63) is 30.0 Å². The summed E-state index contributed by atoms with van der Waals surface area (Å²) in [4.78, 5) is 0. The van der Waals surface area contributed by atoms with Crippen LogP contribution in [0.4, 0.5) is 0 Å². The Kier molecular flexibility index (Phi) is 4.82. The van der Waals surface area contributed by atoms with E-state index >= 15 is 0 Å². The molecule has 0 saturated carbocycles. The highest BCUT2D eigenvalue weighted by molar-refractivity contribution is 14.2. The molecule has 0 aliphatic heterocycles. The molecule has 1 heterocycles. The molecular weight excluding hydrogens is 342 g/mol. The maximum Gasteiger partial charge on any atom is 0.0730 e. The Balaban J connectivity index is 2.22. The van der Waals surface area contributed by atoms with Crippen molar-refractivity contribution in [2.24, 2.45) is 0 Å². The fourth-order valence-corrected chi connectivity index (χ4v) is 3.16. The van der Waals surface area contributed by atoms with Crippen molar-refractivity contribution in [2.45, 2.75) is 26.2 Å². The molecular formula is C13H14IN2P. The van der Waals surface area contributed by atoms with Crippen molar-refractivity contribution in [3.8, 4) is 11.8 Å². The first kappa shape index (κ1) is 12.9. The predicted molar refractivity (Wildman–Crippen MR) is 83.9 cm³/mol. The van der Waals surface area contributed by atoms with Crippen molar-refractivity contribution in [3.63, 3.8) is 0 Å². The Bertz CT molecular complexity index is 566. The van der Waals surface area contributed by atoms with Crippen LogP contribution in [0.15, 0.2) is 24.4 Å². The first-order chi connectivity index (χ1) is 8.35. The van der Waals surface area contributed by atoms with Gasteiger partial charge < -0.3 is 0 Å². The summed E-state index contributed by atoms with van der Waals surface area (Å²) in [7, 11) is 0. The van der Waals surface area contributed by atoms with E-state index in [0.29, 0.717) is 6.37 Å². The van der Waals surface area contributed by atoms with Crippen LogP contribution in [0.3, 0.4) is 0 Å². The number of unbranched alkanes of at least 4 members (excludes halogenated alkanes) is 2. The Morgan fingerprint density at radius 3 is 3.12 bits per heavy atom. The number of nitrogens with zero attached hydrogens (tertiary/aromatic N) is 2. The first-order valence-electron chi connectivity index (χ1n) is 5.68. The van der Waals surface area contributed by atoms with Crippen LogP contribution in [0.2, 0.25) is 0 Å². The second-order valence-electron chi connectivity index (χ2n) is 3.82. The largest absolute Gasteiger partial charge is 0.237 e. The van der Waals surface area contributed by atoms with Crippen molar-refractivity contribution in [2.75, 3.05) is 0 Å². The highest BCUT2D eigenvalue weighted by atomic mass is 127. The number of hydrogen-bond acceptors (Lipinski definition) is 1. The third-order valence-corrected chi connectivity index (χ3v) is 4.42. The summed E-state index contributed by atoms with van der Waals surface area (Å²) < 4.78 is 2.02. The van der Waals surface area contributed by atoms with E-state index in [-0.39, 0.29) is 0 Å². The van der Waals surface area contributed by atoms with Crippen LogP contribution in [0, 0.1) is 11.8 Å². The van der Waals surface area contributed by atoms with Gasteiger partial charge in [0.1, 0.15) is 0 Å². The molecule has 0 bridgehead atoms. The minimum Gasteiger partial charge on any atom is -0.237 e. The Morgan fingerprint density at radius 1 is 1.47 bits per heavy atom. The topological polar surface area (TPSA) is 17.8 Å². The van der Waals surface area contributed by atoms with Crippen molar-refractivity contribution in [1.82, 2.24) is 9.55 Å². The van der Waals surface area contributed by atoms with E-state index in [4.69, 9.17) is 0 Å². The lowest BCUT2D eigenvalue weighted by molar-refractivity contribution is 0.828. The number of aromatic nitrogens is 2. The predicted octanol–water partition coefficient (Wildman–Crippen LogP) is 4.37. The van der Waals surface area contributed by atoms with Gasteiger partial charge in [-0.05, 0) is 46.7 Å². The van der Waals surface area contributed by atoms with Crippen LogP contribution in [0.1, 0.15) is 31.7 Å². The zero-order valence-corrected chi connectivity index (χ0v) is 12.9. The third kappa shape index (κ3) is 3.20. The van der Waals surface area contributed by atoms with Crippen LogP contribution >= 0.6 is 28.4 Å². The van der Waals surface area contributed by atoms with E-state index in [2.05, 4.69) is 64.1 Å². The molecule has 0 fully saturated rings. The van der Waals surface area contributed by atoms with E-state index in [0.717, 1.165) is 12.0 Å². The molecule has 0 amide bonds. The molecule has 1 atom stereocenters. The molecule has 0 saturated heterocycles. The molecule has 0 aliphatic carbocycles. The summed E-state index contributed by atoms with van der Waals surface area (Å²) >= 11 is 2.34. The van der Waals surface area contributed by atoms with Crippen LogP contribution in [0.25, 0.3) is 10.9 Å². The second kappa shape index (κ2) is 6.37. The van der Waals surface area contributed by atoms with Gasteiger partial charge in [-0.2, -0.15) is 5.10 Å². The molecule has 0 aliphatic rings. The van der Waals surface area contributed by atoms with E-state index in [1.165, 1.54) is 23.7 Å². The fraction of sp³-hybridized carbons (Fsp3) is 0.308. The van der Waals surface area contributed by atoms with Gasteiger partial charge in [0.05, 0.1) is 18.1 Å². The molecule has 1 unspecified atom stereocenters. The summed E-state index contributed by atoms with van der Waals surface area (Å²) in [5.41, 5.74) is 2.28. The van der Waals surface area contributed by atoms with E-state index in [9.17, 15) is 0 Å². The average Bonchev–Trinajstić information content (AvgIpc) is 2.77.